The van der Waals surface area contributed by atoms with Crippen LogP contribution in [0.1, 0.15) is 54.9 Å². The molecule has 0 radical (unpaired) electrons. The monoisotopic (exact) mass is 856 g/mol. The Balaban J connectivity index is 1.21. The van der Waals surface area contributed by atoms with Gasteiger partial charge in [-0.05, 0) is 65.4 Å². The smallest absolute Gasteiger partial charge is 0.416 e. The summed E-state index contributed by atoms with van der Waals surface area (Å²) in [6.45, 7) is 3.51. The molecule has 2 heterocycles. The van der Waals surface area contributed by atoms with Crippen LogP contribution in [0.2, 0.25) is 0 Å². The highest BCUT2D eigenvalue weighted by Gasteiger charge is 2.41. The van der Waals surface area contributed by atoms with Crippen LogP contribution in [0.5, 0.6) is 5.75 Å². The molecule has 8 nitrogen and oxygen atoms in total. The molecule has 0 saturated carbocycles. The number of aromatic nitrogens is 2. The molecule has 6 aromatic rings. The molecule has 1 fully saturated rings. The molecule has 0 aliphatic carbocycles. The van der Waals surface area contributed by atoms with Gasteiger partial charge in [0.2, 0.25) is 0 Å². The van der Waals surface area contributed by atoms with Crippen LogP contribution in [0, 0.1) is 6.92 Å². The molecule has 1 aliphatic heterocycles. The van der Waals surface area contributed by atoms with Crippen molar-refractivity contribution in [3.8, 4) is 5.75 Å². The van der Waals surface area contributed by atoms with Gasteiger partial charge in [0.25, 0.3) is 5.91 Å². The van der Waals surface area contributed by atoms with Crippen LogP contribution >= 0.6 is 0 Å². The lowest BCUT2D eigenvalue weighted by molar-refractivity contribution is -0.143. The van der Waals surface area contributed by atoms with E-state index in [9.17, 15) is 31.1 Å². The van der Waals surface area contributed by atoms with E-state index in [-0.39, 0.29) is 32.4 Å². The van der Waals surface area contributed by atoms with Crippen LogP contribution in [0.25, 0.3) is 0 Å². The van der Waals surface area contributed by atoms with Crippen molar-refractivity contribution in [3.63, 3.8) is 0 Å². The molecule has 14 heteroatoms. The van der Waals surface area contributed by atoms with Crippen molar-refractivity contribution < 1.29 is 45.3 Å². The van der Waals surface area contributed by atoms with E-state index in [1.54, 1.807) is 13.3 Å². The standard InChI is InChI=1S/C48H46F6N4O4/c1-34-18-19-35(25-44(34)62-33-61-23-22-60-2)24-43-32-56(20-21-57(43)45(59)37-26-41(47(49,50)51)28-42(27-37)48(52,53)54)30-36-29-55-58(31-36)46(38-12-6-3-7-13-38,39-14-8-4-9-15-39)40-16-10-5-11-17-40/h3-19,25-29,31,43H,20-24,30,32-33H2,1-2H3/t43-/m1/s1. The van der Waals surface area contributed by atoms with Gasteiger partial charge in [0.05, 0.1) is 30.5 Å². The second-order valence-corrected chi connectivity index (χ2v) is 15.3. The minimum Gasteiger partial charge on any atom is -0.467 e. The molecule has 0 N–H and O–H groups in total. The Labute approximate surface area is 356 Å². The molecule has 5 aromatic carbocycles. The Kier molecular flexibility index (Phi) is 13.5. The number of amides is 1. The molecule has 62 heavy (non-hydrogen) atoms. The summed E-state index contributed by atoms with van der Waals surface area (Å²) < 4.78 is 102. The Hall–Kier alpha value is -5.96. The first-order valence-electron chi connectivity index (χ1n) is 20.1. The number of halogens is 6. The third-order valence-corrected chi connectivity index (χ3v) is 11.1. The van der Waals surface area contributed by atoms with E-state index in [0.717, 1.165) is 33.4 Å². The average Bonchev–Trinajstić information content (AvgIpc) is 3.73. The summed E-state index contributed by atoms with van der Waals surface area (Å²) in [5.41, 5.74) is 0.771. The van der Waals surface area contributed by atoms with Crippen molar-refractivity contribution >= 4 is 5.91 Å². The molecule has 1 aromatic heterocycles. The molecule has 1 amide bonds. The summed E-state index contributed by atoms with van der Waals surface area (Å²) in [5, 5.41) is 4.98. The second kappa shape index (κ2) is 19.0. The summed E-state index contributed by atoms with van der Waals surface area (Å²) in [5.74, 6) is -0.392. The number of piperazine rings is 1. The van der Waals surface area contributed by atoms with E-state index >= 15 is 0 Å². The second-order valence-electron chi connectivity index (χ2n) is 15.3. The Morgan fingerprint density at radius 1 is 0.710 bits per heavy atom. The van der Waals surface area contributed by atoms with Crippen LogP contribution in [0.3, 0.4) is 0 Å². The summed E-state index contributed by atoms with van der Waals surface area (Å²) >= 11 is 0. The fourth-order valence-corrected chi connectivity index (χ4v) is 8.07. The van der Waals surface area contributed by atoms with Crippen LogP contribution in [0.4, 0.5) is 26.3 Å². The summed E-state index contributed by atoms with van der Waals surface area (Å²) in [6, 6.07) is 36.1. The van der Waals surface area contributed by atoms with Gasteiger partial charge in [0.15, 0.2) is 6.79 Å². The zero-order chi connectivity index (χ0) is 43.9. The fourth-order valence-electron chi connectivity index (χ4n) is 8.07. The van der Waals surface area contributed by atoms with E-state index in [2.05, 4.69) is 41.3 Å². The molecule has 0 spiro atoms. The number of ether oxygens (including phenoxy) is 3. The number of hydrogen-bond acceptors (Lipinski definition) is 6. The van der Waals surface area contributed by atoms with E-state index in [1.165, 1.54) is 4.90 Å². The van der Waals surface area contributed by atoms with Crippen LogP contribution < -0.4 is 4.74 Å². The van der Waals surface area contributed by atoms with E-state index in [1.807, 2.05) is 90.6 Å². The van der Waals surface area contributed by atoms with Gasteiger partial charge < -0.3 is 19.1 Å². The fraction of sp³-hybridized carbons (Fsp3) is 0.292. The van der Waals surface area contributed by atoms with Crippen LogP contribution in [-0.4, -0.2) is 78.3 Å². The molecular weight excluding hydrogens is 811 g/mol. The number of aryl methyl sites for hydroxylation is 1. The van der Waals surface area contributed by atoms with Crippen molar-refractivity contribution in [1.82, 2.24) is 19.6 Å². The maximum atomic E-state index is 14.2. The SMILES string of the molecule is COCCOCOc1cc(C[C@@H]2CN(Cc3cnn(C(c4ccccc4)(c4ccccc4)c4ccccc4)c3)CCN2C(=O)c2cc(C(F)(F)F)cc(C(F)(F)F)c2)ccc1C. The van der Waals surface area contributed by atoms with Gasteiger partial charge in [-0.2, -0.15) is 31.4 Å². The largest absolute Gasteiger partial charge is 0.467 e. The van der Waals surface area contributed by atoms with Gasteiger partial charge in [0.1, 0.15) is 11.3 Å². The molecule has 1 saturated heterocycles. The maximum Gasteiger partial charge on any atom is 0.416 e. The topological polar surface area (TPSA) is 69.1 Å². The minimum absolute atomic E-state index is 0.0290. The lowest BCUT2D eigenvalue weighted by Crippen LogP contribution is -2.55. The predicted octanol–water partition coefficient (Wildman–Crippen LogP) is 9.64. The van der Waals surface area contributed by atoms with Crippen molar-refractivity contribution in [2.24, 2.45) is 0 Å². The number of rotatable bonds is 15. The third kappa shape index (κ3) is 9.88. The van der Waals surface area contributed by atoms with Crippen LogP contribution in [0.15, 0.2) is 140 Å². The number of carbonyl (C=O) groups excluding carboxylic acids is 1. The lowest BCUT2D eigenvalue weighted by atomic mass is 9.77. The van der Waals surface area contributed by atoms with Crippen LogP contribution in [-0.2, 0) is 40.3 Å². The zero-order valence-corrected chi connectivity index (χ0v) is 34.2. The van der Waals surface area contributed by atoms with Crippen molar-refractivity contribution in [3.05, 3.63) is 190 Å². The maximum absolute atomic E-state index is 14.2. The normalized spacial score (nSPS) is 15.2. The van der Waals surface area contributed by atoms with E-state index in [0.29, 0.717) is 44.2 Å². The summed E-state index contributed by atoms with van der Waals surface area (Å²) in [4.78, 5) is 17.7. The van der Waals surface area contributed by atoms with Gasteiger partial charge in [0, 0.05) is 56.7 Å². The first kappa shape index (κ1) is 44.1. The number of alkyl halides is 6. The van der Waals surface area contributed by atoms with Gasteiger partial charge in [-0.25, -0.2) is 0 Å². The Morgan fingerprint density at radius 3 is 1.84 bits per heavy atom. The molecule has 324 valence electrons. The molecule has 1 atom stereocenters. The van der Waals surface area contributed by atoms with Gasteiger partial charge >= 0.3 is 12.4 Å². The third-order valence-electron chi connectivity index (χ3n) is 11.1. The number of benzene rings is 5. The highest BCUT2D eigenvalue weighted by molar-refractivity contribution is 5.95. The first-order valence-corrected chi connectivity index (χ1v) is 20.1. The number of nitrogens with zero attached hydrogens (tertiary/aromatic N) is 4. The quantitative estimate of drug-likeness (QED) is 0.0444. The summed E-state index contributed by atoms with van der Waals surface area (Å²) in [7, 11) is 1.56. The zero-order valence-electron chi connectivity index (χ0n) is 34.2. The molecular formula is C48H46F6N4O4. The van der Waals surface area contributed by atoms with Gasteiger partial charge in [-0.1, -0.05) is 103 Å². The van der Waals surface area contributed by atoms with E-state index in [4.69, 9.17) is 19.3 Å². The minimum atomic E-state index is -5.11. The predicted molar refractivity (Wildman–Crippen MR) is 222 cm³/mol. The van der Waals surface area contributed by atoms with Crippen molar-refractivity contribution in [2.75, 3.05) is 46.8 Å². The van der Waals surface area contributed by atoms with E-state index < -0.39 is 46.5 Å². The first-order chi connectivity index (χ1) is 29.8. The Morgan fingerprint density at radius 2 is 1.29 bits per heavy atom. The number of methoxy groups -OCH3 is 1. The number of hydrogen-bond donors (Lipinski definition) is 0. The average molecular weight is 857 g/mol. The number of carbonyl (C=O) groups is 1. The summed E-state index contributed by atoms with van der Waals surface area (Å²) in [6.07, 6.45) is -6.19. The van der Waals surface area contributed by atoms with Crippen molar-refractivity contribution in [1.29, 1.82) is 0 Å². The lowest BCUT2D eigenvalue weighted by Gasteiger charge is -2.42. The molecule has 0 unspecified atom stereocenters. The van der Waals surface area contributed by atoms with Crippen molar-refractivity contribution in [2.45, 2.75) is 43.8 Å². The highest BCUT2D eigenvalue weighted by atomic mass is 19.4. The Bertz CT molecular complexity index is 2280. The highest BCUT2D eigenvalue weighted by Crippen LogP contribution is 2.41. The van der Waals surface area contributed by atoms with Gasteiger partial charge in [-0.3, -0.25) is 14.4 Å². The molecule has 1 aliphatic rings. The molecule has 7 rings (SSSR count). The molecule has 0 bridgehead atoms. The van der Waals surface area contributed by atoms with Gasteiger partial charge in [-0.15, -0.1) is 0 Å².